The van der Waals surface area contributed by atoms with Gasteiger partial charge in [0.2, 0.25) is 0 Å². The molecule has 2 aliphatic rings. The zero-order valence-electron chi connectivity index (χ0n) is 29.9. The summed E-state index contributed by atoms with van der Waals surface area (Å²) >= 11 is 0. The first-order valence-electron chi connectivity index (χ1n) is 18.1. The molecule has 10 heteroatoms. The van der Waals surface area contributed by atoms with Crippen molar-refractivity contribution in [3.8, 4) is 23.0 Å². The van der Waals surface area contributed by atoms with Gasteiger partial charge >= 0.3 is 0 Å². The number of aliphatic hydroxyl groups is 2. The van der Waals surface area contributed by atoms with Crippen LogP contribution in [0.15, 0.2) is 97.1 Å². The summed E-state index contributed by atoms with van der Waals surface area (Å²) in [6.07, 6.45) is -1.09. The fourth-order valence-corrected chi connectivity index (χ4v) is 5.94. The van der Waals surface area contributed by atoms with E-state index in [1.807, 2.05) is 62.4 Å². The Balaban J connectivity index is 1.31. The molecular formula is C42H50O10. The van der Waals surface area contributed by atoms with E-state index < -0.39 is 12.2 Å². The lowest BCUT2D eigenvalue weighted by molar-refractivity contribution is 0.0164. The van der Waals surface area contributed by atoms with E-state index in [9.17, 15) is 10.2 Å². The highest BCUT2D eigenvalue weighted by molar-refractivity contribution is 5.48. The summed E-state index contributed by atoms with van der Waals surface area (Å²) in [5.74, 6) is 2.66. The van der Waals surface area contributed by atoms with Crippen LogP contribution in [0.25, 0.3) is 0 Å². The second-order valence-electron chi connectivity index (χ2n) is 13.0. The minimum Gasteiger partial charge on any atom is -0.491 e. The van der Waals surface area contributed by atoms with Crippen LogP contribution in [0, 0.1) is 0 Å². The molecule has 0 aliphatic carbocycles. The molecule has 2 saturated heterocycles. The molecule has 0 amide bonds. The number of benzene rings is 4. The van der Waals surface area contributed by atoms with E-state index in [1.165, 1.54) is 0 Å². The zero-order valence-corrected chi connectivity index (χ0v) is 29.9. The molecule has 0 aromatic heterocycles. The van der Waals surface area contributed by atoms with Crippen molar-refractivity contribution in [3.63, 3.8) is 0 Å². The smallest absolute Gasteiger partial charge is 0.119 e. The third-order valence-corrected chi connectivity index (χ3v) is 8.88. The standard InChI is InChI=1S/C42H50O10/c1-3-45-21-33(43)23-47-35-13-5-29(6-14-35)41(31-9-17-37(18-10-31)49-25-39-27-51-39)42(32-11-19-38(20-12-32)50-26-40-28-52-40)30-7-15-36(16-8-30)48-24-34(44)22-46-4-2/h5-20,33-34,39-44H,3-4,21-28H2,1-2H3. The first-order chi connectivity index (χ1) is 25.5. The lowest BCUT2D eigenvalue weighted by Gasteiger charge is -2.30. The second-order valence-corrected chi connectivity index (χ2v) is 13.0. The lowest BCUT2D eigenvalue weighted by Crippen LogP contribution is -2.23. The van der Waals surface area contributed by atoms with Crippen molar-refractivity contribution in [1.29, 1.82) is 0 Å². The Morgan fingerprint density at radius 2 is 0.769 bits per heavy atom. The van der Waals surface area contributed by atoms with Gasteiger partial charge in [-0.25, -0.2) is 0 Å². The van der Waals surface area contributed by atoms with E-state index in [0.717, 1.165) is 47.0 Å². The summed E-state index contributed by atoms with van der Waals surface area (Å²) in [6.45, 7) is 8.12. The molecule has 52 heavy (non-hydrogen) atoms. The van der Waals surface area contributed by atoms with Crippen molar-refractivity contribution in [2.24, 2.45) is 0 Å². The van der Waals surface area contributed by atoms with Gasteiger partial charge < -0.3 is 48.1 Å². The predicted molar refractivity (Wildman–Crippen MR) is 196 cm³/mol. The van der Waals surface area contributed by atoms with Crippen LogP contribution in [0.5, 0.6) is 23.0 Å². The molecule has 2 heterocycles. The molecule has 6 atom stereocenters. The van der Waals surface area contributed by atoms with Gasteiger partial charge in [-0.05, 0) is 84.6 Å². The number of hydrogen-bond acceptors (Lipinski definition) is 10. The minimum atomic E-state index is -0.715. The van der Waals surface area contributed by atoms with Gasteiger partial charge in [0, 0.05) is 25.0 Å². The van der Waals surface area contributed by atoms with Crippen LogP contribution in [-0.4, -0.2) is 101 Å². The Morgan fingerprint density at radius 1 is 0.481 bits per heavy atom. The van der Waals surface area contributed by atoms with Crippen LogP contribution in [0.2, 0.25) is 0 Å². The number of ether oxygens (including phenoxy) is 8. The maximum absolute atomic E-state index is 10.2. The van der Waals surface area contributed by atoms with Gasteiger partial charge in [0.15, 0.2) is 0 Å². The number of hydrogen-bond donors (Lipinski definition) is 2. The molecule has 0 spiro atoms. The van der Waals surface area contributed by atoms with Gasteiger partial charge in [-0.3, -0.25) is 0 Å². The SMILES string of the molecule is CCOCC(O)COc1ccc(C(c2ccc(OCC3CO3)cc2)C(c2ccc(OCC(O)COCC)cc2)c2ccc(OCC3CO3)cc2)cc1. The maximum Gasteiger partial charge on any atom is 0.119 e. The Morgan fingerprint density at radius 3 is 1.04 bits per heavy atom. The monoisotopic (exact) mass is 714 g/mol. The third-order valence-electron chi connectivity index (χ3n) is 8.88. The number of aliphatic hydroxyl groups excluding tert-OH is 2. The van der Waals surface area contributed by atoms with Crippen LogP contribution >= 0.6 is 0 Å². The average Bonchev–Trinajstić information content (AvgIpc) is 4.13. The Kier molecular flexibility index (Phi) is 13.8. The molecule has 10 nitrogen and oxygen atoms in total. The van der Waals surface area contributed by atoms with Crippen LogP contribution in [0.3, 0.4) is 0 Å². The van der Waals surface area contributed by atoms with Gasteiger partial charge in [-0.2, -0.15) is 0 Å². The van der Waals surface area contributed by atoms with Gasteiger partial charge in [0.05, 0.1) is 26.4 Å². The summed E-state index contributed by atoms with van der Waals surface area (Å²) in [5.41, 5.74) is 4.37. The number of epoxide rings is 2. The topological polar surface area (TPSA) is 121 Å². The molecule has 2 aliphatic heterocycles. The van der Waals surface area contributed by atoms with Crippen molar-refractivity contribution < 1.29 is 48.1 Å². The van der Waals surface area contributed by atoms with E-state index in [1.54, 1.807) is 0 Å². The van der Waals surface area contributed by atoms with Crippen molar-refractivity contribution >= 4 is 0 Å². The van der Waals surface area contributed by atoms with E-state index in [4.69, 9.17) is 37.9 Å². The van der Waals surface area contributed by atoms with Crippen LogP contribution in [0.4, 0.5) is 0 Å². The van der Waals surface area contributed by atoms with Crippen LogP contribution in [-0.2, 0) is 18.9 Å². The summed E-state index contributed by atoms with van der Waals surface area (Å²) in [7, 11) is 0. The summed E-state index contributed by atoms with van der Waals surface area (Å²) in [5, 5.41) is 20.5. The molecule has 278 valence electrons. The molecule has 2 N–H and O–H groups in total. The van der Waals surface area contributed by atoms with Gasteiger partial charge in [-0.1, -0.05) is 48.5 Å². The van der Waals surface area contributed by atoms with Crippen LogP contribution < -0.4 is 18.9 Å². The second kappa shape index (κ2) is 19.1. The fourth-order valence-electron chi connectivity index (χ4n) is 5.94. The molecule has 0 radical (unpaired) electrons. The zero-order chi connectivity index (χ0) is 36.1. The fraction of sp³-hybridized carbons (Fsp3) is 0.429. The van der Waals surface area contributed by atoms with Crippen molar-refractivity contribution in [2.75, 3.05) is 66.1 Å². The highest BCUT2D eigenvalue weighted by atomic mass is 16.6. The Hall–Kier alpha value is -4.16. The van der Waals surface area contributed by atoms with Crippen molar-refractivity contribution in [2.45, 2.75) is 50.1 Å². The van der Waals surface area contributed by atoms with Crippen molar-refractivity contribution in [1.82, 2.24) is 0 Å². The Bertz CT molecular complexity index is 1480. The normalized spacial score (nSPS) is 18.5. The quantitative estimate of drug-likeness (QED) is 0.0919. The predicted octanol–water partition coefficient (Wildman–Crippen LogP) is 5.76. The van der Waals surface area contributed by atoms with Gasteiger partial charge in [0.25, 0.3) is 0 Å². The number of rotatable bonds is 23. The molecule has 2 fully saturated rings. The first kappa shape index (κ1) is 37.6. The molecular weight excluding hydrogens is 664 g/mol. The summed E-state index contributed by atoms with van der Waals surface area (Å²) in [4.78, 5) is 0. The molecule has 4 aromatic carbocycles. The lowest BCUT2D eigenvalue weighted by atomic mass is 9.73. The van der Waals surface area contributed by atoms with Crippen LogP contribution in [0.1, 0.15) is 47.9 Å². The average molecular weight is 715 g/mol. The van der Waals surface area contributed by atoms with E-state index in [0.29, 0.717) is 37.9 Å². The first-order valence-corrected chi connectivity index (χ1v) is 18.1. The van der Waals surface area contributed by atoms with Crippen molar-refractivity contribution in [3.05, 3.63) is 119 Å². The molecule has 6 unspecified atom stereocenters. The van der Waals surface area contributed by atoms with E-state index in [2.05, 4.69) is 48.5 Å². The molecule has 4 aromatic rings. The highest BCUT2D eigenvalue weighted by Crippen LogP contribution is 2.44. The summed E-state index contributed by atoms with van der Waals surface area (Å²) in [6, 6.07) is 32.7. The minimum absolute atomic E-state index is 0.121. The van der Waals surface area contributed by atoms with E-state index in [-0.39, 0.29) is 50.5 Å². The Labute approximate surface area is 306 Å². The summed E-state index contributed by atoms with van der Waals surface area (Å²) < 4.78 is 45.1. The molecule has 6 rings (SSSR count). The van der Waals surface area contributed by atoms with Gasteiger partial charge in [-0.15, -0.1) is 0 Å². The van der Waals surface area contributed by atoms with E-state index >= 15 is 0 Å². The molecule has 0 saturated carbocycles. The largest absolute Gasteiger partial charge is 0.491 e. The maximum atomic E-state index is 10.2. The third kappa shape index (κ3) is 11.4. The molecule has 0 bridgehead atoms. The highest BCUT2D eigenvalue weighted by Gasteiger charge is 2.30. The van der Waals surface area contributed by atoms with Gasteiger partial charge in [0.1, 0.15) is 73.8 Å².